The van der Waals surface area contributed by atoms with E-state index >= 15 is 0 Å². The van der Waals surface area contributed by atoms with Gasteiger partial charge >= 0.3 is 0 Å². The highest BCUT2D eigenvalue weighted by atomic mass is 16.3. The summed E-state index contributed by atoms with van der Waals surface area (Å²) >= 11 is 0. The molecule has 1 N–H and O–H groups in total. The molecule has 0 unspecified atom stereocenters. The van der Waals surface area contributed by atoms with Crippen molar-refractivity contribution in [2.75, 3.05) is 11.9 Å². The number of nitrogens with zero attached hydrogens (tertiary/aromatic N) is 3. The SMILES string of the molecule is CN1\C(=C/C=N/N=C/C(=O)c2ccccc2O)C(C)(C)c2ccccc21. The van der Waals surface area contributed by atoms with Gasteiger partial charge < -0.3 is 10.0 Å². The van der Waals surface area contributed by atoms with Crippen LogP contribution in [0.5, 0.6) is 5.75 Å². The maximum absolute atomic E-state index is 12.0. The predicted molar refractivity (Wildman–Crippen MR) is 105 cm³/mol. The Labute approximate surface area is 153 Å². The van der Waals surface area contributed by atoms with Crippen molar-refractivity contribution in [3.05, 3.63) is 71.4 Å². The molecule has 26 heavy (non-hydrogen) atoms. The van der Waals surface area contributed by atoms with Crippen LogP contribution in [-0.4, -0.2) is 30.4 Å². The van der Waals surface area contributed by atoms with Crippen LogP contribution < -0.4 is 4.90 Å². The number of aromatic hydroxyl groups is 1. The third kappa shape index (κ3) is 3.16. The van der Waals surface area contributed by atoms with E-state index in [1.54, 1.807) is 24.4 Å². The minimum atomic E-state index is -0.390. The summed E-state index contributed by atoms with van der Waals surface area (Å²) in [5.41, 5.74) is 3.62. The molecule has 0 radical (unpaired) electrons. The van der Waals surface area contributed by atoms with Gasteiger partial charge in [0.1, 0.15) is 5.75 Å². The van der Waals surface area contributed by atoms with Crippen LogP contribution in [-0.2, 0) is 5.41 Å². The number of benzene rings is 2. The molecule has 0 saturated heterocycles. The molecule has 0 aromatic heterocycles. The molecular weight excluding hydrogens is 326 g/mol. The molecule has 0 fully saturated rings. The second-order valence-corrected chi connectivity index (χ2v) is 6.64. The number of likely N-dealkylation sites (N-methyl/N-ethyl adjacent to an activating group) is 1. The number of rotatable bonds is 4. The second kappa shape index (κ2) is 6.96. The Morgan fingerprint density at radius 3 is 2.50 bits per heavy atom. The van der Waals surface area contributed by atoms with Crippen LogP contribution in [0.3, 0.4) is 0 Å². The summed E-state index contributed by atoms with van der Waals surface area (Å²) in [6.07, 6.45) is 4.58. The molecule has 0 spiro atoms. The number of hydrogen-bond acceptors (Lipinski definition) is 5. The topological polar surface area (TPSA) is 65.3 Å². The van der Waals surface area contributed by atoms with Gasteiger partial charge in [-0.15, -0.1) is 0 Å². The fourth-order valence-electron chi connectivity index (χ4n) is 3.28. The number of para-hydroxylation sites is 2. The first kappa shape index (κ1) is 17.6. The zero-order valence-electron chi connectivity index (χ0n) is 15.0. The lowest BCUT2D eigenvalue weighted by Crippen LogP contribution is -2.23. The third-order valence-electron chi connectivity index (χ3n) is 4.65. The molecule has 2 aromatic rings. The first-order chi connectivity index (χ1) is 12.4. The summed E-state index contributed by atoms with van der Waals surface area (Å²) in [7, 11) is 2.03. The summed E-state index contributed by atoms with van der Waals surface area (Å²) in [5.74, 6) is -0.458. The van der Waals surface area contributed by atoms with Crippen LogP contribution in [0.25, 0.3) is 0 Å². The lowest BCUT2D eigenvalue weighted by molar-refractivity contribution is 0.106. The van der Waals surface area contributed by atoms with E-state index in [2.05, 4.69) is 41.1 Å². The molecule has 1 aliphatic rings. The van der Waals surface area contributed by atoms with Crippen LogP contribution in [0.15, 0.2) is 70.5 Å². The van der Waals surface area contributed by atoms with Crippen molar-refractivity contribution in [3.63, 3.8) is 0 Å². The number of carbonyl (C=O) groups is 1. The van der Waals surface area contributed by atoms with Gasteiger partial charge in [-0.05, 0) is 29.8 Å². The molecule has 1 heterocycles. The Morgan fingerprint density at radius 2 is 1.77 bits per heavy atom. The molecule has 132 valence electrons. The maximum Gasteiger partial charge on any atom is 0.209 e. The lowest BCUT2D eigenvalue weighted by Gasteiger charge is -2.23. The summed E-state index contributed by atoms with van der Waals surface area (Å²) < 4.78 is 0. The van der Waals surface area contributed by atoms with Gasteiger partial charge in [-0.3, -0.25) is 4.79 Å². The fourth-order valence-corrected chi connectivity index (χ4v) is 3.28. The summed E-state index contributed by atoms with van der Waals surface area (Å²) in [4.78, 5) is 14.1. The molecule has 2 aromatic carbocycles. The molecule has 5 nitrogen and oxygen atoms in total. The van der Waals surface area contributed by atoms with Crippen molar-refractivity contribution in [2.45, 2.75) is 19.3 Å². The number of phenolic OH excluding ortho intramolecular Hbond substituents is 1. The quantitative estimate of drug-likeness (QED) is 0.517. The third-order valence-corrected chi connectivity index (χ3v) is 4.65. The average molecular weight is 347 g/mol. The summed E-state index contributed by atoms with van der Waals surface area (Å²) in [6.45, 7) is 4.33. The molecule has 0 saturated carbocycles. The van der Waals surface area contributed by atoms with Crippen molar-refractivity contribution in [1.29, 1.82) is 0 Å². The number of carbonyl (C=O) groups excluding carboxylic acids is 1. The van der Waals surface area contributed by atoms with Gasteiger partial charge in [0.05, 0.1) is 18.0 Å². The van der Waals surface area contributed by atoms with E-state index in [9.17, 15) is 9.90 Å². The number of fused-ring (bicyclic) bond motifs is 1. The van der Waals surface area contributed by atoms with Crippen molar-refractivity contribution in [2.24, 2.45) is 10.2 Å². The number of allylic oxidation sites excluding steroid dienone is 2. The molecule has 5 heteroatoms. The van der Waals surface area contributed by atoms with Crippen molar-refractivity contribution < 1.29 is 9.90 Å². The van der Waals surface area contributed by atoms with E-state index in [1.165, 1.54) is 17.3 Å². The summed E-state index contributed by atoms with van der Waals surface area (Å²) in [5, 5.41) is 17.4. The second-order valence-electron chi connectivity index (χ2n) is 6.64. The van der Waals surface area contributed by atoms with Crippen LogP contribution in [0.1, 0.15) is 29.8 Å². The monoisotopic (exact) mass is 347 g/mol. The maximum atomic E-state index is 12.0. The smallest absolute Gasteiger partial charge is 0.209 e. The van der Waals surface area contributed by atoms with Gasteiger partial charge in [-0.1, -0.05) is 44.2 Å². The van der Waals surface area contributed by atoms with Gasteiger partial charge in [0.15, 0.2) is 0 Å². The first-order valence-corrected chi connectivity index (χ1v) is 8.35. The summed E-state index contributed by atoms with van der Waals surface area (Å²) in [6, 6.07) is 14.6. The van der Waals surface area contributed by atoms with Crippen LogP contribution in [0.4, 0.5) is 5.69 Å². The highest BCUT2D eigenvalue weighted by Crippen LogP contribution is 2.46. The largest absolute Gasteiger partial charge is 0.507 e. The normalized spacial score (nSPS) is 17.3. The Bertz CT molecular complexity index is 926. The molecule has 0 atom stereocenters. The Kier molecular flexibility index (Phi) is 4.71. The zero-order chi connectivity index (χ0) is 18.7. The molecule has 0 aliphatic carbocycles. The van der Waals surface area contributed by atoms with Crippen LogP contribution in [0.2, 0.25) is 0 Å². The van der Waals surface area contributed by atoms with Crippen LogP contribution >= 0.6 is 0 Å². The fraction of sp³-hybridized carbons (Fsp3) is 0.190. The van der Waals surface area contributed by atoms with E-state index < -0.39 is 5.78 Å². The van der Waals surface area contributed by atoms with E-state index in [1.807, 2.05) is 25.3 Å². The molecular formula is C21H21N3O2. The number of hydrogen-bond donors (Lipinski definition) is 1. The van der Waals surface area contributed by atoms with Gasteiger partial charge in [-0.25, -0.2) is 0 Å². The lowest BCUT2D eigenvalue weighted by atomic mass is 9.84. The molecule has 0 amide bonds. The van der Waals surface area contributed by atoms with Crippen molar-refractivity contribution >= 4 is 23.9 Å². The molecule has 1 aliphatic heterocycles. The van der Waals surface area contributed by atoms with Gasteiger partial charge in [0.25, 0.3) is 0 Å². The van der Waals surface area contributed by atoms with E-state index in [0.29, 0.717) is 0 Å². The number of anilines is 1. The number of ketones is 1. The highest BCUT2D eigenvalue weighted by Gasteiger charge is 2.37. The minimum Gasteiger partial charge on any atom is -0.507 e. The highest BCUT2D eigenvalue weighted by molar-refractivity contribution is 6.36. The van der Waals surface area contributed by atoms with Gasteiger partial charge in [-0.2, -0.15) is 10.2 Å². The van der Waals surface area contributed by atoms with Crippen molar-refractivity contribution in [3.8, 4) is 5.75 Å². The van der Waals surface area contributed by atoms with Gasteiger partial charge in [0, 0.05) is 23.8 Å². The van der Waals surface area contributed by atoms with Gasteiger partial charge in [0.2, 0.25) is 5.78 Å². The van der Waals surface area contributed by atoms with E-state index in [-0.39, 0.29) is 16.7 Å². The van der Waals surface area contributed by atoms with Crippen molar-refractivity contribution in [1.82, 2.24) is 0 Å². The van der Waals surface area contributed by atoms with E-state index in [4.69, 9.17) is 0 Å². The van der Waals surface area contributed by atoms with E-state index in [0.717, 1.165) is 11.9 Å². The Hall–Kier alpha value is -3.21. The Balaban J connectivity index is 1.74. The van der Waals surface area contributed by atoms with Crippen LogP contribution in [0, 0.1) is 0 Å². The number of phenols is 1. The minimum absolute atomic E-state index is 0.0675. The zero-order valence-corrected chi connectivity index (χ0v) is 15.0. The predicted octanol–water partition coefficient (Wildman–Crippen LogP) is 3.94. The first-order valence-electron chi connectivity index (χ1n) is 8.35. The molecule has 3 rings (SSSR count). The Morgan fingerprint density at radius 1 is 1.08 bits per heavy atom. The standard InChI is InChI=1S/C21H21N3O2/c1-21(2)16-9-5-6-10-17(16)24(3)20(21)12-13-22-23-14-19(26)15-8-4-7-11-18(15)25/h4-14,25H,1-3H3/b20-12-,22-13+,23-14+. The molecule has 0 bridgehead atoms. The number of Topliss-reactive ketones (excluding diaryl/α,β-unsaturated/α-hetero) is 1. The average Bonchev–Trinajstić information content (AvgIpc) is 2.82.